The van der Waals surface area contributed by atoms with E-state index in [1.807, 2.05) is 0 Å². The van der Waals surface area contributed by atoms with Gasteiger partial charge in [0.15, 0.2) is 5.76 Å². The zero-order chi connectivity index (χ0) is 13.7. The van der Waals surface area contributed by atoms with Crippen LogP contribution in [0.4, 0.5) is 0 Å². The van der Waals surface area contributed by atoms with Crippen LogP contribution in [0.1, 0.15) is 0 Å². The lowest BCUT2D eigenvalue weighted by Crippen LogP contribution is -2.27. The normalized spacial score (nSPS) is 11.4. The van der Waals surface area contributed by atoms with Gasteiger partial charge >= 0.3 is 0 Å². The van der Waals surface area contributed by atoms with Gasteiger partial charge in [0, 0.05) is 12.6 Å². The molecule has 19 heavy (non-hydrogen) atoms. The van der Waals surface area contributed by atoms with Crippen LogP contribution in [-0.2, 0) is 10.0 Å². The number of ether oxygens (including phenoxy) is 1. The van der Waals surface area contributed by atoms with Crippen molar-refractivity contribution in [1.29, 1.82) is 0 Å². The summed E-state index contributed by atoms with van der Waals surface area (Å²) >= 11 is 0. The Balaban J connectivity index is 1.86. The van der Waals surface area contributed by atoms with Gasteiger partial charge in [-0.15, -0.1) is 10.2 Å². The lowest BCUT2D eigenvalue weighted by molar-refractivity contribution is 0.307. The van der Waals surface area contributed by atoms with Gasteiger partial charge in [-0.2, -0.15) is 0 Å². The monoisotopic (exact) mass is 283 g/mol. The summed E-state index contributed by atoms with van der Waals surface area (Å²) in [5.74, 6) is 0.948. The highest BCUT2D eigenvalue weighted by atomic mass is 32.2. The van der Waals surface area contributed by atoms with Gasteiger partial charge in [0.2, 0.25) is 15.9 Å². The van der Waals surface area contributed by atoms with E-state index in [0.29, 0.717) is 17.3 Å². The fourth-order valence-electron chi connectivity index (χ4n) is 1.34. The van der Waals surface area contributed by atoms with Crippen LogP contribution in [0.5, 0.6) is 5.88 Å². The lowest BCUT2D eigenvalue weighted by Gasteiger charge is -2.05. The maximum absolute atomic E-state index is 10.8. The van der Waals surface area contributed by atoms with E-state index in [2.05, 4.69) is 14.9 Å². The van der Waals surface area contributed by atoms with Gasteiger partial charge in [-0.1, -0.05) is 0 Å². The first-order valence-electron chi connectivity index (χ1n) is 5.50. The number of hydrogen-bond acceptors (Lipinski definition) is 6. The van der Waals surface area contributed by atoms with E-state index in [9.17, 15) is 8.42 Å². The topological polar surface area (TPSA) is 94.3 Å². The molecule has 0 fully saturated rings. The SMILES string of the molecule is CS(=O)(=O)NCCOc1ccc(-c2ccco2)nn1. The molecule has 0 aliphatic carbocycles. The van der Waals surface area contributed by atoms with Crippen molar-refractivity contribution in [3.8, 4) is 17.3 Å². The number of nitrogens with zero attached hydrogens (tertiary/aromatic N) is 2. The second-order valence-corrected chi connectivity index (χ2v) is 5.58. The predicted molar refractivity (Wildman–Crippen MR) is 68.1 cm³/mol. The molecule has 0 saturated heterocycles. The van der Waals surface area contributed by atoms with E-state index in [1.165, 1.54) is 0 Å². The van der Waals surface area contributed by atoms with Crippen molar-refractivity contribution in [3.63, 3.8) is 0 Å². The van der Waals surface area contributed by atoms with Crippen LogP contribution >= 0.6 is 0 Å². The molecule has 0 radical (unpaired) electrons. The molecule has 7 nitrogen and oxygen atoms in total. The fourth-order valence-corrected chi connectivity index (χ4v) is 1.79. The molecule has 2 aromatic rings. The second kappa shape index (κ2) is 5.81. The molecule has 0 atom stereocenters. The van der Waals surface area contributed by atoms with Crippen LogP contribution in [0, 0.1) is 0 Å². The molecule has 0 aliphatic heterocycles. The fraction of sp³-hybridized carbons (Fsp3) is 0.273. The van der Waals surface area contributed by atoms with Crippen LogP contribution in [0.15, 0.2) is 34.9 Å². The Morgan fingerprint density at radius 1 is 1.32 bits per heavy atom. The van der Waals surface area contributed by atoms with Gasteiger partial charge in [-0.25, -0.2) is 13.1 Å². The minimum atomic E-state index is -3.19. The number of rotatable bonds is 6. The van der Waals surface area contributed by atoms with Gasteiger partial charge in [0.05, 0.1) is 12.5 Å². The van der Waals surface area contributed by atoms with Gasteiger partial charge in [-0.05, 0) is 18.2 Å². The van der Waals surface area contributed by atoms with Gasteiger partial charge in [0.1, 0.15) is 12.3 Å². The summed E-state index contributed by atoms with van der Waals surface area (Å²) in [6.07, 6.45) is 2.64. The highest BCUT2D eigenvalue weighted by molar-refractivity contribution is 7.88. The zero-order valence-corrected chi connectivity index (χ0v) is 11.1. The van der Waals surface area contributed by atoms with Crippen LogP contribution in [-0.4, -0.2) is 38.0 Å². The molecular weight excluding hydrogens is 270 g/mol. The zero-order valence-electron chi connectivity index (χ0n) is 10.2. The highest BCUT2D eigenvalue weighted by Crippen LogP contribution is 2.17. The third-order valence-corrected chi connectivity index (χ3v) is 2.86. The third-order valence-electron chi connectivity index (χ3n) is 2.13. The number of hydrogen-bond donors (Lipinski definition) is 1. The van der Waals surface area contributed by atoms with Crippen molar-refractivity contribution in [1.82, 2.24) is 14.9 Å². The molecule has 2 heterocycles. The van der Waals surface area contributed by atoms with Crippen molar-refractivity contribution in [2.24, 2.45) is 0 Å². The summed E-state index contributed by atoms with van der Waals surface area (Å²) in [5, 5.41) is 7.80. The molecule has 102 valence electrons. The number of aromatic nitrogens is 2. The Kier molecular flexibility index (Phi) is 4.13. The summed E-state index contributed by atoms with van der Waals surface area (Å²) < 4.78 is 34.4. The van der Waals surface area contributed by atoms with Crippen molar-refractivity contribution in [2.75, 3.05) is 19.4 Å². The minimum absolute atomic E-state index is 0.181. The molecule has 0 spiro atoms. The molecule has 0 amide bonds. The molecule has 2 rings (SSSR count). The van der Waals surface area contributed by atoms with Crippen molar-refractivity contribution >= 4 is 10.0 Å². The molecule has 0 aromatic carbocycles. The third kappa shape index (κ3) is 4.34. The number of sulfonamides is 1. The summed E-state index contributed by atoms with van der Waals surface area (Å²) in [7, 11) is -3.19. The molecule has 0 aliphatic rings. The average molecular weight is 283 g/mol. The van der Waals surface area contributed by atoms with Crippen LogP contribution < -0.4 is 9.46 Å². The summed E-state index contributed by atoms with van der Waals surface area (Å²) in [4.78, 5) is 0. The maximum atomic E-state index is 10.8. The van der Waals surface area contributed by atoms with Crippen molar-refractivity contribution in [2.45, 2.75) is 0 Å². The van der Waals surface area contributed by atoms with Crippen LogP contribution in [0.3, 0.4) is 0 Å². The maximum Gasteiger partial charge on any atom is 0.233 e. The molecule has 0 unspecified atom stereocenters. The van der Waals surface area contributed by atoms with E-state index in [0.717, 1.165) is 6.26 Å². The Labute approximate surface area is 110 Å². The largest absolute Gasteiger partial charge is 0.475 e. The predicted octanol–water partition coefficient (Wildman–Crippen LogP) is 0.665. The Morgan fingerprint density at radius 2 is 2.16 bits per heavy atom. The first-order chi connectivity index (χ1) is 9.04. The van der Waals surface area contributed by atoms with E-state index in [1.54, 1.807) is 30.5 Å². The van der Waals surface area contributed by atoms with E-state index in [4.69, 9.17) is 9.15 Å². The van der Waals surface area contributed by atoms with E-state index >= 15 is 0 Å². The first kappa shape index (κ1) is 13.5. The highest BCUT2D eigenvalue weighted by Gasteiger charge is 2.04. The molecule has 0 saturated carbocycles. The van der Waals surface area contributed by atoms with Gasteiger partial charge in [0.25, 0.3) is 0 Å². The standard InChI is InChI=1S/C11H13N3O4S/c1-19(15,16)12-6-8-18-11-5-4-9(13-14-11)10-3-2-7-17-10/h2-5,7,12H,6,8H2,1H3. The molecular formula is C11H13N3O4S. The Bertz CT molecular complexity index is 608. The van der Waals surface area contributed by atoms with Crippen molar-refractivity contribution < 1.29 is 17.6 Å². The Hall–Kier alpha value is -1.93. The van der Waals surface area contributed by atoms with Crippen LogP contribution in [0.25, 0.3) is 11.5 Å². The number of furan rings is 1. The second-order valence-electron chi connectivity index (χ2n) is 3.75. The summed E-state index contributed by atoms with van der Waals surface area (Å²) in [6, 6.07) is 6.90. The lowest BCUT2D eigenvalue weighted by atomic mass is 10.3. The number of nitrogens with one attached hydrogen (secondary N) is 1. The van der Waals surface area contributed by atoms with Crippen molar-refractivity contribution in [3.05, 3.63) is 30.5 Å². The summed E-state index contributed by atoms with van der Waals surface area (Å²) in [5.41, 5.74) is 0.603. The molecule has 1 N–H and O–H groups in total. The van der Waals surface area contributed by atoms with E-state index < -0.39 is 10.0 Å². The molecule has 0 bridgehead atoms. The van der Waals surface area contributed by atoms with Gasteiger partial charge < -0.3 is 9.15 Å². The summed E-state index contributed by atoms with van der Waals surface area (Å²) in [6.45, 7) is 0.363. The van der Waals surface area contributed by atoms with E-state index in [-0.39, 0.29) is 13.2 Å². The molecule has 2 aromatic heterocycles. The average Bonchev–Trinajstić information content (AvgIpc) is 2.88. The Morgan fingerprint density at radius 3 is 2.74 bits per heavy atom. The minimum Gasteiger partial charge on any atom is -0.475 e. The van der Waals surface area contributed by atoms with Gasteiger partial charge in [-0.3, -0.25) is 0 Å². The quantitative estimate of drug-likeness (QED) is 0.783. The van der Waals surface area contributed by atoms with Crippen LogP contribution in [0.2, 0.25) is 0 Å². The smallest absolute Gasteiger partial charge is 0.233 e. The first-order valence-corrected chi connectivity index (χ1v) is 7.39. The molecule has 8 heteroatoms.